The molecule has 2 aliphatic heterocycles. The lowest BCUT2D eigenvalue weighted by Crippen LogP contribution is -2.56. The molecule has 5 N–H and O–H groups in total. The van der Waals surface area contributed by atoms with E-state index in [1.54, 1.807) is 37.5 Å². The second kappa shape index (κ2) is 8.53. The maximum Gasteiger partial charge on any atom is 0.333 e. The number of nitrogens with one attached hydrogen (secondary N) is 3. The van der Waals surface area contributed by atoms with Crippen LogP contribution in [-0.4, -0.2) is 28.6 Å². The van der Waals surface area contributed by atoms with E-state index in [0.29, 0.717) is 22.8 Å². The summed E-state index contributed by atoms with van der Waals surface area (Å²) in [5, 5.41) is 8.13. The number of hydrogen-bond acceptors (Lipinski definition) is 5. The maximum absolute atomic E-state index is 13.0. The monoisotopic (exact) mass is 434 g/mol. The van der Waals surface area contributed by atoms with Crippen LogP contribution in [-0.2, 0) is 11.3 Å². The number of urea groups is 1. The summed E-state index contributed by atoms with van der Waals surface area (Å²) in [5.41, 5.74) is 3.02. The van der Waals surface area contributed by atoms with Crippen molar-refractivity contribution in [2.45, 2.75) is 13.5 Å². The van der Waals surface area contributed by atoms with Gasteiger partial charge in [0.2, 0.25) is 5.70 Å². The molecule has 0 bridgehead atoms. The van der Waals surface area contributed by atoms with Gasteiger partial charge in [-0.3, -0.25) is 9.79 Å². The average molecular weight is 434 g/mol. The van der Waals surface area contributed by atoms with Gasteiger partial charge in [0, 0.05) is 17.9 Å². The molecule has 2 aliphatic rings. The molecular formula is C22H21FN7O2+. The van der Waals surface area contributed by atoms with Crippen LogP contribution in [0.2, 0.25) is 0 Å². The Morgan fingerprint density at radius 1 is 1.09 bits per heavy atom. The lowest BCUT2D eigenvalue weighted by molar-refractivity contribution is -0.749. The van der Waals surface area contributed by atoms with Crippen LogP contribution < -0.4 is 21.8 Å². The summed E-state index contributed by atoms with van der Waals surface area (Å²) >= 11 is 0. The minimum absolute atomic E-state index is 0.127. The van der Waals surface area contributed by atoms with Gasteiger partial charge in [-0.15, -0.1) is 4.59 Å². The Balaban J connectivity index is 1.37. The normalized spacial score (nSPS) is 18.8. The quantitative estimate of drug-likeness (QED) is 0.428. The third-order valence-corrected chi connectivity index (χ3v) is 4.92. The van der Waals surface area contributed by atoms with Gasteiger partial charge in [0.05, 0.1) is 12.4 Å². The number of quaternary nitrogens is 1. The van der Waals surface area contributed by atoms with Gasteiger partial charge in [0.25, 0.3) is 0 Å². The Morgan fingerprint density at radius 3 is 2.66 bits per heavy atom. The van der Waals surface area contributed by atoms with Gasteiger partial charge in [-0.1, -0.05) is 12.1 Å². The van der Waals surface area contributed by atoms with E-state index in [2.05, 4.69) is 25.9 Å². The number of halogens is 1. The number of benzene rings is 2. The summed E-state index contributed by atoms with van der Waals surface area (Å²) in [6.45, 7) is 1.99. The van der Waals surface area contributed by atoms with Crippen LogP contribution in [0.3, 0.4) is 0 Å². The van der Waals surface area contributed by atoms with Crippen LogP contribution in [0.4, 0.5) is 20.6 Å². The fourth-order valence-electron chi connectivity index (χ4n) is 3.33. The molecule has 162 valence electrons. The first-order valence-electron chi connectivity index (χ1n) is 9.75. The Morgan fingerprint density at radius 2 is 1.88 bits per heavy atom. The van der Waals surface area contributed by atoms with Crippen molar-refractivity contribution in [2.75, 3.05) is 10.6 Å². The highest BCUT2D eigenvalue weighted by atomic mass is 19.1. The van der Waals surface area contributed by atoms with E-state index in [1.165, 1.54) is 30.5 Å². The highest BCUT2D eigenvalue weighted by Crippen LogP contribution is 2.28. The Labute approximate surface area is 183 Å². The van der Waals surface area contributed by atoms with Gasteiger partial charge < -0.3 is 16.0 Å². The zero-order valence-electron chi connectivity index (χ0n) is 17.2. The summed E-state index contributed by atoms with van der Waals surface area (Å²) in [6.07, 6.45) is 4.70. The van der Waals surface area contributed by atoms with E-state index in [9.17, 15) is 14.0 Å². The van der Waals surface area contributed by atoms with Gasteiger partial charge in [0.15, 0.2) is 0 Å². The number of amides is 3. The molecule has 0 saturated carbocycles. The third-order valence-electron chi connectivity index (χ3n) is 4.92. The number of fused-ring (bicyclic) bond motifs is 1. The summed E-state index contributed by atoms with van der Waals surface area (Å²) in [4.78, 5) is 33.3. The van der Waals surface area contributed by atoms with Crippen LogP contribution in [0.5, 0.6) is 0 Å². The average Bonchev–Trinajstić information content (AvgIpc) is 3.05. The highest BCUT2D eigenvalue weighted by molar-refractivity contribution is 6.40. The SMILES string of the molecule is CC1=C2C=NC=C[N+]2(N)C(C(=O)Nc2cccc(CNC(=O)Nc3ccc(F)cc3)c2)=N1. The minimum Gasteiger partial charge on any atom is -0.334 e. The topological polar surface area (TPSA) is 121 Å². The van der Waals surface area contributed by atoms with E-state index in [-0.39, 0.29) is 22.8 Å². The van der Waals surface area contributed by atoms with E-state index in [4.69, 9.17) is 5.84 Å². The van der Waals surface area contributed by atoms with E-state index >= 15 is 0 Å². The second-order valence-electron chi connectivity index (χ2n) is 7.23. The van der Waals surface area contributed by atoms with Crippen molar-refractivity contribution in [3.63, 3.8) is 0 Å². The largest absolute Gasteiger partial charge is 0.334 e. The maximum atomic E-state index is 13.0. The molecule has 32 heavy (non-hydrogen) atoms. The molecule has 9 nitrogen and oxygen atoms in total. The first-order chi connectivity index (χ1) is 15.3. The van der Waals surface area contributed by atoms with Gasteiger partial charge in [-0.25, -0.2) is 9.18 Å². The number of carbonyl (C=O) groups is 2. The predicted molar refractivity (Wildman–Crippen MR) is 120 cm³/mol. The zero-order chi connectivity index (χ0) is 22.7. The molecule has 10 heteroatoms. The first kappa shape index (κ1) is 21.1. The summed E-state index contributed by atoms with van der Waals surface area (Å²) in [5.74, 6) is 5.67. The molecule has 2 aromatic rings. The van der Waals surface area contributed by atoms with Crippen molar-refractivity contribution < 1.29 is 18.6 Å². The van der Waals surface area contributed by atoms with Crippen molar-refractivity contribution in [1.29, 1.82) is 0 Å². The van der Waals surface area contributed by atoms with Gasteiger partial charge >= 0.3 is 17.8 Å². The molecule has 1 atom stereocenters. The summed E-state index contributed by atoms with van der Waals surface area (Å²) in [7, 11) is 0. The molecule has 0 aromatic heterocycles. The number of amidine groups is 1. The minimum atomic E-state index is -0.444. The number of nitrogens with zero attached hydrogens (tertiary/aromatic N) is 3. The number of hydrogen-bond donors (Lipinski definition) is 4. The van der Waals surface area contributed by atoms with Crippen LogP contribution in [0, 0.1) is 5.82 Å². The highest BCUT2D eigenvalue weighted by Gasteiger charge is 2.45. The van der Waals surface area contributed by atoms with Crippen molar-refractivity contribution in [3.05, 3.63) is 83.7 Å². The molecule has 4 rings (SSSR count). The molecule has 0 aliphatic carbocycles. The number of aliphatic imine (C=N–C) groups is 2. The molecule has 1 unspecified atom stereocenters. The first-order valence-corrected chi connectivity index (χ1v) is 9.75. The van der Waals surface area contributed by atoms with Crippen LogP contribution >= 0.6 is 0 Å². The predicted octanol–water partition coefficient (Wildman–Crippen LogP) is 2.98. The van der Waals surface area contributed by atoms with Crippen molar-refractivity contribution in [3.8, 4) is 0 Å². The summed E-state index contributed by atoms with van der Waals surface area (Å²) in [6, 6.07) is 12.1. The fourth-order valence-corrected chi connectivity index (χ4v) is 3.33. The summed E-state index contributed by atoms with van der Waals surface area (Å²) < 4.78 is 12.6. The van der Waals surface area contributed by atoms with E-state index in [1.807, 2.05) is 6.07 Å². The van der Waals surface area contributed by atoms with Crippen LogP contribution in [0.1, 0.15) is 12.5 Å². The van der Waals surface area contributed by atoms with Crippen molar-refractivity contribution in [2.24, 2.45) is 15.8 Å². The second-order valence-corrected chi connectivity index (χ2v) is 7.23. The fraction of sp³-hybridized carbons (Fsp3) is 0.0909. The lowest BCUT2D eigenvalue weighted by atomic mass is 10.2. The number of carbonyl (C=O) groups excluding carboxylic acids is 2. The molecule has 0 radical (unpaired) electrons. The van der Waals surface area contributed by atoms with E-state index in [0.717, 1.165) is 5.56 Å². The lowest BCUT2D eigenvalue weighted by Gasteiger charge is -2.25. The molecule has 0 spiro atoms. The van der Waals surface area contributed by atoms with Gasteiger partial charge in [-0.05, 0) is 48.9 Å². The Kier molecular flexibility index (Phi) is 5.63. The van der Waals surface area contributed by atoms with Crippen molar-refractivity contribution in [1.82, 2.24) is 5.32 Å². The molecule has 0 fully saturated rings. The van der Waals surface area contributed by atoms with E-state index < -0.39 is 11.9 Å². The van der Waals surface area contributed by atoms with Crippen LogP contribution in [0.15, 0.2) is 82.3 Å². The Bertz CT molecular complexity index is 1200. The number of rotatable bonds is 5. The smallest absolute Gasteiger partial charge is 0.333 e. The Hall–Kier alpha value is -4.15. The molecular weight excluding hydrogens is 413 g/mol. The third kappa shape index (κ3) is 4.31. The number of anilines is 2. The zero-order valence-corrected chi connectivity index (χ0v) is 17.2. The number of nitrogens with two attached hydrogens (primary N) is 1. The molecule has 2 heterocycles. The molecule has 3 amide bonds. The molecule has 0 saturated heterocycles. The van der Waals surface area contributed by atoms with Crippen molar-refractivity contribution >= 4 is 35.4 Å². The molecule has 2 aromatic carbocycles. The van der Waals surface area contributed by atoms with Crippen LogP contribution in [0.25, 0.3) is 0 Å². The van der Waals surface area contributed by atoms with Gasteiger partial charge in [0.1, 0.15) is 17.7 Å². The van der Waals surface area contributed by atoms with Gasteiger partial charge in [-0.2, -0.15) is 10.8 Å². The standard InChI is InChI=1S/C22H20FN7O2/c1-14-19-13-25-9-10-30(19,24)20(27-14)21(31)28-18-4-2-3-15(11-18)12-26-22(32)29-17-7-5-16(23)6-8-17/h2-11,13H,12,24H2,1H3,(H2-,26,28,29,31,32)/p+1. The number of allylic oxidation sites excluding steroid dienone is 2.